The molecule has 0 bridgehead atoms. The zero-order valence-electron chi connectivity index (χ0n) is 5.69. The van der Waals surface area contributed by atoms with Crippen molar-refractivity contribution >= 4 is 5.97 Å². The van der Waals surface area contributed by atoms with E-state index in [4.69, 9.17) is 10.6 Å². The Balaban J connectivity index is 3.48. The average Bonchev–Trinajstić information content (AvgIpc) is 1.88. The lowest BCUT2D eigenvalue weighted by atomic mass is 10.1. The lowest BCUT2D eigenvalue weighted by molar-refractivity contribution is -0.141. The van der Waals surface area contributed by atoms with E-state index in [-0.39, 0.29) is 6.54 Å². The first-order valence-corrected chi connectivity index (χ1v) is 2.92. The third kappa shape index (κ3) is 3.74. The highest BCUT2D eigenvalue weighted by Gasteiger charge is 2.08. The van der Waals surface area contributed by atoms with Gasteiger partial charge < -0.3 is 5.11 Å². The summed E-state index contributed by atoms with van der Waals surface area (Å²) in [6.07, 6.45) is 0.402. The average molecular weight is 143 g/mol. The van der Waals surface area contributed by atoms with E-state index in [1.54, 1.807) is 6.92 Å². The fraction of sp³-hybridized carbons (Fsp3) is 0.800. The third-order valence-electron chi connectivity index (χ3n) is 1.15. The molecular weight excluding hydrogens is 134 g/mol. The fourth-order valence-corrected chi connectivity index (χ4v) is 0.420. The molecule has 0 aromatic rings. The molecule has 0 aromatic carbocycles. The van der Waals surface area contributed by atoms with Crippen molar-refractivity contribution in [2.45, 2.75) is 13.3 Å². The molecule has 0 spiro atoms. The van der Waals surface area contributed by atoms with Crippen molar-refractivity contribution in [1.29, 1.82) is 0 Å². The van der Waals surface area contributed by atoms with Gasteiger partial charge in [0.2, 0.25) is 0 Å². The lowest BCUT2D eigenvalue weighted by Gasteiger charge is -2.00. The molecule has 0 rings (SSSR count). The molecule has 56 valence electrons. The van der Waals surface area contributed by atoms with Gasteiger partial charge in [-0.05, 0) is 12.0 Å². The van der Waals surface area contributed by atoms with E-state index in [2.05, 4.69) is 10.0 Å². The van der Waals surface area contributed by atoms with Gasteiger partial charge in [-0.1, -0.05) is 12.0 Å². The summed E-state index contributed by atoms with van der Waals surface area (Å²) < 4.78 is 0. The molecule has 10 heavy (non-hydrogen) atoms. The molecule has 5 nitrogen and oxygen atoms in total. The molecule has 0 radical (unpaired) electrons. The quantitative estimate of drug-likeness (QED) is 0.366. The molecule has 5 heteroatoms. The van der Waals surface area contributed by atoms with Crippen LogP contribution in [-0.2, 0) is 4.79 Å². The minimum absolute atomic E-state index is 0.254. The number of hydrogen-bond acceptors (Lipinski definition) is 2. The number of carboxylic acids is 1. The Labute approximate surface area is 58.3 Å². The minimum Gasteiger partial charge on any atom is -0.481 e. The summed E-state index contributed by atoms with van der Waals surface area (Å²) in [5, 5.41) is 11.6. The van der Waals surface area contributed by atoms with Gasteiger partial charge in [0.15, 0.2) is 0 Å². The summed E-state index contributed by atoms with van der Waals surface area (Å²) in [6.45, 7) is 1.83. The molecule has 0 fully saturated rings. The van der Waals surface area contributed by atoms with Crippen LogP contribution in [0.4, 0.5) is 0 Å². The van der Waals surface area contributed by atoms with Crippen molar-refractivity contribution in [2.75, 3.05) is 6.54 Å². The molecule has 1 N–H and O–H groups in total. The van der Waals surface area contributed by atoms with Gasteiger partial charge in [-0.2, -0.15) is 0 Å². The minimum atomic E-state index is -0.854. The zero-order valence-corrected chi connectivity index (χ0v) is 5.69. The maximum atomic E-state index is 10.2. The van der Waals surface area contributed by atoms with E-state index in [0.717, 1.165) is 0 Å². The van der Waals surface area contributed by atoms with E-state index >= 15 is 0 Å². The van der Waals surface area contributed by atoms with Crippen LogP contribution in [0, 0.1) is 5.92 Å². The van der Waals surface area contributed by atoms with Crippen LogP contribution in [0.5, 0.6) is 0 Å². The van der Waals surface area contributed by atoms with E-state index in [1.165, 1.54) is 0 Å². The first-order chi connectivity index (χ1) is 4.68. The molecule has 0 saturated carbocycles. The Kier molecular flexibility index (Phi) is 4.07. The molecule has 0 aromatic heterocycles. The largest absolute Gasteiger partial charge is 0.481 e. The van der Waals surface area contributed by atoms with Crippen LogP contribution in [0.15, 0.2) is 5.11 Å². The third-order valence-corrected chi connectivity index (χ3v) is 1.15. The van der Waals surface area contributed by atoms with Crippen LogP contribution in [0.1, 0.15) is 13.3 Å². The second-order valence-electron chi connectivity index (χ2n) is 1.98. The Hall–Kier alpha value is -1.22. The maximum Gasteiger partial charge on any atom is 0.306 e. The van der Waals surface area contributed by atoms with Crippen LogP contribution in [-0.4, -0.2) is 17.6 Å². The SMILES string of the molecule is CC(CCN=[N+]=[N-])C(=O)O. The second-order valence-corrected chi connectivity index (χ2v) is 1.98. The number of azide groups is 1. The number of aliphatic carboxylic acids is 1. The Bertz CT molecular complexity index is 162. The number of nitrogens with zero attached hydrogens (tertiary/aromatic N) is 3. The van der Waals surface area contributed by atoms with Crippen LogP contribution in [0.2, 0.25) is 0 Å². The van der Waals surface area contributed by atoms with Gasteiger partial charge in [-0.15, -0.1) is 0 Å². The van der Waals surface area contributed by atoms with Gasteiger partial charge in [0.1, 0.15) is 0 Å². The first kappa shape index (κ1) is 8.78. The Morgan fingerprint density at radius 1 is 1.90 bits per heavy atom. The van der Waals surface area contributed by atoms with Crippen LogP contribution < -0.4 is 0 Å². The van der Waals surface area contributed by atoms with Crippen molar-refractivity contribution in [3.8, 4) is 0 Å². The topological polar surface area (TPSA) is 86.1 Å². The standard InChI is InChI=1S/C5H9N3O2/c1-4(5(9)10)2-3-7-8-6/h4H,2-3H2,1H3,(H,9,10). The van der Waals surface area contributed by atoms with Crippen molar-refractivity contribution in [2.24, 2.45) is 11.0 Å². The lowest BCUT2D eigenvalue weighted by Crippen LogP contribution is -2.09. The second kappa shape index (κ2) is 4.64. The summed E-state index contributed by atoms with van der Waals surface area (Å²) in [5.74, 6) is -1.28. The predicted octanol–water partition coefficient (Wildman–Crippen LogP) is 1.41. The first-order valence-electron chi connectivity index (χ1n) is 2.92. The van der Waals surface area contributed by atoms with Gasteiger partial charge in [-0.25, -0.2) is 0 Å². The maximum absolute atomic E-state index is 10.2. The highest BCUT2D eigenvalue weighted by atomic mass is 16.4. The fourth-order valence-electron chi connectivity index (χ4n) is 0.420. The van der Waals surface area contributed by atoms with Crippen LogP contribution in [0.25, 0.3) is 10.4 Å². The molecular formula is C5H9N3O2. The summed E-state index contributed by atoms with van der Waals surface area (Å²) in [5.41, 5.74) is 7.83. The number of hydrogen-bond donors (Lipinski definition) is 1. The van der Waals surface area contributed by atoms with Gasteiger partial charge in [0.25, 0.3) is 0 Å². The number of carboxylic acid groups (broad SMARTS) is 1. The van der Waals surface area contributed by atoms with Gasteiger partial charge >= 0.3 is 5.97 Å². The van der Waals surface area contributed by atoms with E-state index in [9.17, 15) is 4.79 Å². The summed E-state index contributed by atoms with van der Waals surface area (Å²) >= 11 is 0. The van der Waals surface area contributed by atoms with Crippen LogP contribution >= 0.6 is 0 Å². The summed E-state index contributed by atoms with van der Waals surface area (Å²) in [4.78, 5) is 12.7. The van der Waals surface area contributed by atoms with E-state index in [1.807, 2.05) is 0 Å². The Morgan fingerprint density at radius 3 is 2.90 bits per heavy atom. The molecule has 0 aliphatic heterocycles. The van der Waals surface area contributed by atoms with Crippen molar-refractivity contribution in [3.05, 3.63) is 10.4 Å². The summed E-state index contributed by atoms with van der Waals surface area (Å²) in [7, 11) is 0. The molecule has 0 heterocycles. The smallest absolute Gasteiger partial charge is 0.306 e. The van der Waals surface area contributed by atoms with Crippen molar-refractivity contribution < 1.29 is 9.90 Å². The molecule has 0 aliphatic carbocycles. The molecule has 1 unspecified atom stereocenters. The molecule has 0 aliphatic rings. The zero-order chi connectivity index (χ0) is 7.98. The molecule has 0 amide bonds. The monoisotopic (exact) mass is 143 g/mol. The van der Waals surface area contributed by atoms with Gasteiger partial charge in [0.05, 0.1) is 5.92 Å². The highest BCUT2D eigenvalue weighted by molar-refractivity contribution is 5.69. The normalized spacial score (nSPS) is 11.7. The van der Waals surface area contributed by atoms with Crippen molar-refractivity contribution in [3.63, 3.8) is 0 Å². The highest BCUT2D eigenvalue weighted by Crippen LogP contribution is 2.00. The van der Waals surface area contributed by atoms with E-state index in [0.29, 0.717) is 6.42 Å². The number of carbonyl (C=O) groups is 1. The van der Waals surface area contributed by atoms with Gasteiger partial charge in [0, 0.05) is 11.5 Å². The molecule has 1 atom stereocenters. The predicted molar refractivity (Wildman–Crippen MR) is 35.4 cm³/mol. The summed E-state index contributed by atoms with van der Waals surface area (Å²) in [6, 6.07) is 0. The molecule has 0 saturated heterocycles. The van der Waals surface area contributed by atoms with Crippen LogP contribution in [0.3, 0.4) is 0 Å². The van der Waals surface area contributed by atoms with Crippen molar-refractivity contribution in [1.82, 2.24) is 0 Å². The number of rotatable bonds is 4. The van der Waals surface area contributed by atoms with Gasteiger partial charge in [-0.3, -0.25) is 4.79 Å². The van der Waals surface area contributed by atoms with E-state index < -0.39 is 11.9 Å². The Morgan fingerprint density at radius 2 is 2.50 bits per heavy atom.